The maximum absolute atomic E-state index is 13.2. The van der Waals surface area contributed by atoms with E-state index in [-0.39, 0.29) is 17.5 Å². The van der Waals surface area contributed by atoms with Crippen molar-refractivity contribution in [2.75, 3.05) is 0 Å². The fourth-order valence-electron chi connectivity index (χ4n) is 2.06. The van der Waals surface area contributed by atoms with E-state index in [1.54, 1.807) is 0 Å². The van der Waals surface area contributed by atoms with Crippen molar-refractivity contribution in [3.8, 4) is 0 Å². The fraction of sp³-hybridized carbons (Fsp3) is 0.455. The van der Waals surface area contributed by atoms with Gasteiger partial charge in [0, 0.05) is 12.2 Å². The van der Waals surface area contributed by atoms with E-state index in [4.69, 9.17) is 0 Å². The van der Waals surface area contributed by atoms with Gasteiger partial charge in [0.25, 0.3) is 5.91 Å². The lowest BCUT2D eigenvalue weighted by Gasteiger charge is -2.04. The second-order valence-corrected chi connectivity index (χ2v) is 4.45. The van der Waals surface area contributed by atoms with Crippen LogP contribution >= 0.6 is 0 Å². The highest BCUT2D eigenvalue weighted by atomic mass is 19.1. The zero-order valence-corrected chi connectivity index (χ0v) is 8.16. The van der Waals surface area contributed by atoms with Crippen molar-refractivity contribution in [2.24, 2.45) is 5.41 Å². The third-order valence-electron chi connectivity index (χ3n) is 3.40. The molecule has 1 amide bonds. The maximum Gasteiger partial charge on any atom is 0.254 e. The van der Waals surface area contributed by atoms with Gasteiger partial charge in [0.05, 0.1) is 11.8 Å². The Bertz CT molecular complexity index is 428. The summed E-state index contributed by atoms with van der Waals surface area (Å²) >= 11 is 0. The number of amides is 1. The molecule has 0 saturated heterocycles. The van der Waals surface area contributed by atoms with Crippen molar-refractivity contribution in [3.63, 3.8) is 0 Å². The summed E-state index contributed by atoms with van der Waals surface area (Å²) in [7, 11) is 0. The van der Waals surface area contributed by atoms with E-state index >= 15 is 0 Å². The molecule has 3 rings (SSSR count). The second kappa shape index (κ2) is 2.78. The summed E-state index contributed by atoms with van der Waals surface area (Å²) in [6.45, 7) is 0. The largest absolute Gasteiger partial charge is 0.349 e. The maximum atomic E-state index is 13.2. The van der Waals surface area contributed by atoms with Crippen LogP contribution in [0.25, 0.3) is 0 Å². The van der Waals surface area contributed by atoms with Gasteiger partial charge in [-0.1, -0.05) is 0 Å². The summed E-state index contributed by atoms with van der Waals surface area (Å²) in [4.78, 5) is 15.3. The first-order valence-corrected chi connectivity index (χ1v) is 5.12. The molecule has 0 radical (unpaired) electrons. The molecule has 0 aliphatic heterocycles. The number of halogens is 1. The normalized spacial score (nSPS) is 25.0. The summed E-state index contributed by atoms with van der Waals surface area (Å²) in [6.07, 6.45) is 5.96. The molecular formula is C11H11FN2O. The summed E-state index contributed by atoms with van der Waals surface area (Å²) in [6, 6.07) is 1.68. The SMILES string of the molecule is O=C(N[C@H]1CC12CC2)c1ccncc1F. The third kappa shape index (κ3) is 1.40. The average molecular weight is 206 g/mol. The van der Waals surface area contributed by atoms with E-state index in [0.29, 0.717) is 5.41 Å². The predicted octanol–water partition coefficient (Wildman–Crippen LogP) is 1.50. The van der Waals surface area contributed by atoms with Gasteiger partial charge in [-0.05, 0) is 30.7 Å². The summed E-state index contributed by atoms with van der Waals surface area (Å²) in [5.74, 6) is -0.871. The van der Waals surface area contributed by atoms with Gasteiger partial charge >= 0.3 is 0 Å². The molecule has 2 aliphatic rings. The molecular weight excluding hydrogens is 195 g/mol. The molecule has 1 atom stereocenters. The van der Waals surface area contributed by atoms with E-state index in [0.717, 1.165) is 12.6 Å². The van der Waals surface area contributed by atoms with Gasteiger partial charge in [-0.2, -0.15) is 0 Å². The molecule has 15 heavy (non-hydrogen) atoms. The molecule has 3 nitrogen and oxygen atoms in total. The van der Waals surface area contributed by atoms with Crippen LogP contribution in [0.15, 0.2) is 18.5 Å². The molecule has 4 heteroatoms. The van der Waals surface area contributed by atoms with Gasteiger partial charge in [-0.15, -0.1) is 0 Å². The summed E-state index contributed by atoms with van der Waals surface area (Å²) in [5, 5.41) is 2.86. The number of carbonyl (C=O) groups excluding carboxylic acids is 1. The third-order valence-corrected chi connectivity index (χ3v) is 3.40. The minimum absolute atomic E-state index is 0.0905. The molecule has 2 saturated carbocycles. The van der Waals surface area contributed by atoms with Crippen LogP contribution < -0.4 is 5.32 Å². The van der Waals surface area contributed by atoms with Crippen LogP contribution in [0.3, 0.4) is 0 Å². The van der Waals surface area contributed by atoms with Gasteiger partial charge in [0.15, 0.2) is 5.82 Å². The number of rotatable bonds is 2. The molecule has 1 spiro atoms. The first-order chi connectivity index (χ1) is 7.21. The van der Waals surface area contributed by atoms with Crippen LogP contribution in [-0.4, -0.2) is 16.9 Å². The fourth-order valence-corrected chi connectivity index (χ4v) is 2.06. The summed E-state index contributed by atoms with van der Waals surface area (Å²) < 4.78 is 13.2. The van der Waals surface area contributed by atoms with E-state index < -0.39 is 5.82 Å². The Morgan fingerprint density at radius 1 is 1.60 bits per heavy atom. The van der Waals surface area contributed by atoms with Crippen molar-refractivity contribution in [1.82, 2.24) is 10.3 Å². The predicted molar refractivity (Wildman–Crippen MR) is 51.7 cm³/mol. The van der Waals surface area contributed by atoms with Crippen LogP contribution in [0, 0.1) is 11.2 Å². The minimum atomic E-state index is -0.555. The van der Waals surface area contributed by atoms with E-state index in [1.165, 1.54) is 25.1 Å². The topological polar surface area (TPSA) is 42.0 Å². The molecule has 1 aromatic rings. The molecule has 0 unspecified atom stereocenters. The number of nitrogens with one attached hydrogen (secondary N) is 1. The van der Waals surface area contributed by atoms with Crippen LogP contribution in [0.4, 0.5) is 4.39 Å². The van der Waals surface area contributed by atoms with Crippen molar-refractivity contribution in [1.29, 1.82) is 0 Å². The highest BCUT2D eigenvalue weighted by molar-refractivity contribution is 5.94. The molecule has 1 aromatic heterocycles. The van der Waals surface area contributed by atoms with E-state index in [9.17, 15) is 9.18 Å². The highest BCUT2D eigenvalue weighted by Gasteiger charge is 2.63. The number of pyridine rings is 1. The minimum Gasteiger partial charge on any atom is -0.349 e. The first-order valence-electron chi connectivity index (χ1n) is 5.12. The van der Waals surface area contributed by atoms with Gasteiger partial charge in [-0.25, -0.2) is 4.39 Å². The zero-order valence-electron chi connectivity index (χ0n) is 8.16. The quantitative estimate of drug-likeness (QED) is 0.796. The Morgan fingerprint density at radius 2 is 2.40 bits per heavy atom. The molecule has 2 fully saturated rings. The second-order valence-electron chi connectivity index (χ2n) is 4.45. The Morgan fingerprint density at radius 3 is 3.00 bits per heavy atom. The van der Waals surface area contributed by atoms with Crippen molar-refractivity contribution >= 4 is 5.91 Å². The van der Waals surface area contributed by atoms with Crippen LogP contribution in [0.2, 0.25) is 0 Å². The van der Waals surface area contributed by atoms with E-state index in [2.05, 4.69) is 10.3 Å². The molecule has 1 heterocycles. The van der Waals surface area contributed by atoms with E-state index in [1.807, 2.05) is 0 Å². The lowest BCUT2D eigenvalue weighted by Crippen LogP contribution is -2.27. The van der Waals surface area contributed by atoms with Crippen LogP contribution in [0.5, 0.6) is 0 Å². The monoisotopic (exact) mass is 206 g/mol. The standard InChI is InChI=1S/C11H11FN2O/c12-8-6-13-4-1-7(8)10(15)14-9-5-11(9)2-3-11/h1,4,6,9H,2-3,5H2,(H,14,15)/t9-/m0/s1. The number of aromatic nitrogens is 1. The van der Waals surface area contributed by atoms with Crippen LogP contribution in [-0.2, 0) is 0 Å². The Labute approximate surface area is 86.7 Å². The average Bonchev–Trinajstić information content (AvgIpc) is 3.10. The Hall–Kier alpha value is -1.45. The van der Waals surface area contributed by atoms with Crippen LogP contribution in [0.1, 0.15) is 29.6 Å². The number of hydrogen-bond acceptors (Lipinski definition) is 2. The van der Waals surface area contributed by atoms with Crippen molar-refractivity contribution in [3.05, 3.63) is 29.8 Å². The zero-order chi connectivity index (χ0) is 10.5. The summed E-state index contributed by atoms with van der Waals surface area (Å²) in [5.41, 5.74) is 0.492. The smallest absolute Gasteiger partial charge is 0.254 e. The number of hydrogen-bond donors (Lipinski definition) is 1. The molecule has 2 aliphatic carbocycles. The number of carbonyl (C=O) groups is 1. The molecule has 0 bridgehead atoms. The van der Waals surface area contributed by atoms with Gasteiger partial charge in [-0.3, -0.25) is 9.78 Å². The molecule has 0 aromatic carbocycles. The van der Waals surface area contributed by atoms with Gasteiger partial charge in [0.1, 0.15) is 0 Å². The first kappa shape index (κ1) is 8.83. The Kier molecular flexibility index (Phi) is 1.63. The van der Waals surface area contributed by atoms with Gasteiger partial charge in [0.2, 0.25) is 0 Å². The lowest BCUT2D eigenvalue weighted by atomic mass is 10.2. The van der Waals surface area contributed by atoms with Crippen molar-refractivity contribution in [2.45, 2.75) is 25.3 Å². The van der Waals surface area contributed by atoms with Gasteiger partial charge < -0.3 is 5.32 Å². The van der Waals surface area contributed by atoms with Crippen molar-refractivity contribution < 1.29 is 9.18 Å². The lowest BCUT2D eigenvalue weighted by molar-refractivity contribution is 0.0944. The highest BCUT2D eigenvalue weighted by Crippen LogP contribution is 2.65. The molecule has 1 N–H and O–H groups in total. The molecule has 78 valence electrons. The number of nitrogens with zero attached hydrogens (tertiary/aromatic N) is 1. The Balaban J connectivity index is 1.72.